The number of carbonyl (C=O) groups is 3. The quantitative estimate of drug-likeness (QED) is 0.117. The molecule has 1 saturated heterocycles. The molecule has 0 atom stereocenters. The van der Waals surface area contributed by atoms with Crippen molar-refractivity contribution >= 4 is 17.8 Å². The van der Waals surface area contributed by atoms with Gasteiger partial charge >= 0.3 is 17.8 Å². The molecule has 1 fully saturated rings. The second kappa shape index (κ2) is 14.5. The van der Waals surface area contributed by atoms with Crippen LogP contribution in [0, 0.1) is 0 Å². The number of nitrogens with zero attached hydrogens (tertiary/aromatic N) is 1. The van der Waals surface area contributed by atoms with E-state index in [4.69, 9.17) is 5.11 Å². The van der Waals surface area contributed by atoms with E-state index in [0.29, 0.717) is 12.8 Å². The molecule has 28 heavy (non-hydrogen) atoms. The van der Waals surface area contributed by atoms with Gasteiger partial charge in [0.2, 0.25) is 0 Å². The summed E-state index contributed by atoms with van der Waals surface area (Å²) in [5.41, 5.74) is 0. The Bertz CT molecular complexity index is 499. The first-order valence-electron chi connectivity index (χ1n) is 11.0. The fraction of sp³-hybridized carbons (Fsp3) is 0.773. The summed E-state index contributed by atoms with van der Waals surface area (Å²) in [6, 6.07) is 0. The molecular weight excluding hydrogens is 358 g/mol. The number of rotatable bonds is 17. The van der Waals surface area contributed by atoms with Gasteiger partial charge in [0, 0.05) is 12.8 Å². The van der Waals surface area contributed by atoms with E-state index in [1.54, 1.807) is 0 Å². The molecule has 160 valence electrons. The molecule has 2 amide bonds. The molecule has 1 aliphatic heterocycles. The second-order valence-corrected chi connectivity index (χ2v) is 7.86. The largest absolute Gasteiger partial charge is 0.481 e. The standard InChI is InChI=1S/C22H37NO5/c24-20-17-18-21(25)23(20,28)19-15-13-11-9-7-5-3-1-2-4-6-8-10-12-14-16-22(26)27/h1-2,28H,3-19H2/p+1/b2-1-. The summed E-state index contributed by atoms with van der Waals surface area (Å²) in [7, 11) is 0. The molecule has 0 bridgehead atoms. The fourth-order valence-electron chi connectivity index (χ4n) is 3.59. The predicted octanol–water partition coefficient (Wildman–Crippen LogP) is 5.14. The van der Waals surface area contributed by atoms with Crippen molar-refractivity contribution in [2.75, 3.05) is 6.54 Å². The normalized spacial score (nSPS) is 16.3. The van der Waals surface area contributed by atoms with Gasteiger partial charge in [-0.1, -0.05) is 55.3 Å². The fourth-order valence-corrected chi connectivity index (χ4v) is 3.59. The molecule has 0 aromatic heterocycles. The van der Waals surface area contributed by atoms with Crippen LogP contribution in [0.1, 0.15) is 103 Å². The Morgan fingerprint density at radius 1 is 0.750 bits per heavy atom. The van der Waals surface area contributed by atoms with E-state index < -0.39 is 10.6 Å². The van der Waals surface area contributed by atoms with Crippen LogP contribution in [0.3, 0.4) is 0 Å². The maximum atomic E-state index is 11.6. The van der Waals surface area contributed by atoms with Gasteiger partial charge in [-0.3, -0.25) is 4.79 Å². The van der Waals surface area contributed by atoms with Crippen LogP contribution in [-0.4, -0.2) is 39.3 Å². The number of carboxylic acid groups (broad SMARTS) is 1. The summed E-state index contributed by atoms with van der Waals surface area (Å²) in [5.74, 6) is -1.40. The zero-order valence-corrected chi connectivity index (χ0v) is 17.2. The zero-order chi connectivity index (χ0) is 20.7. The number of hydroxylamine groups is 3. The smallest absolute Gasteiger partial charge is 0.353 e. The van der Waals surface area contributed by atoms with Crippen LogP contribution in [0.4, 0.5) is 0 Å². The maximum absolute atomic E-state index is 11.6. The molecule has 1 rings (SSSR count). The molecule has 0 aliphatic carbocycles. The third-order valence-electron chi connectivity index (χ3n) is 5.41. The predicted molar refractivity (Wildman–Crippen MR) is 108 cm³/mol. The lowest BCUT2D eigenvalue weighted by atomic mass is 10.1. The lowest BCUT2D eigenvalue weighted by Gasteiger charge is -2.18. The monoisotopic (exact) mass is 396 g/mol. The van der Waals surface area contributed by atoms with Crippen molar-refractivity contribution in [3.8, 4) is 0 Å². The van der Waals surface area contributed by atoms with Crippen molar-refractivity contribution < 1.29 is 29.3 Å². The minimum absolute atomic E-state index is 0.176. The molecule has 6 nitrogen and oxygen atoms in total. The summed E-state index contributed by atoms with van der Waals surface area (Å²) in [6.45, 7) is 0.236. The van der Waals surface area contributed by atoms with Crippen molar-refractivity contribution in [2.45, 2.75) is 103 Å². The number of quaternary nitrogens is 1. The van der Waals surface area contributed by atoms with E-state index >= 15 is 0 Å². The number of unbranched alkanes of at least 4 members (excludes halogenated alkanes) is 11. The number of hydrogen-bond acceptors (Lipinski definition) is 4. The minimum atomic E-state index is -0.965. The van der Waals surface area contributed by atoms with Gasteiger partial charge in [0.1, 0.15) is 6.54 Å². The summed E-state index contributed by atoms with van der Waals surface area (Å²) in [6.07, 6.45) is 18.9. The number of amides is 2. The van der Waals surface area contributed by atoms with Gasteiger partial charge in [0.15, 0.2) is 0 Å². The molecule has 0 aromatic carbocycles. The Balaban J connectivity index is 1.84. The van der Waals surface area contributed by atoms with Gasteiger partial charge < -0.3 is 5.11 Å². The summed E-state index contributed by atoms with van der Waals surface area (Å²) in [4.78, 5) is 33.6. The number of hydrogen-bond donors (Lipinski definition) is 2. The number of aliphatic carboxylic acids is 1. The highest BCUT2D eigenvalue weighted by molar-refractivity contribution is 5.90. The third-order valence-corrected chi connectivity index (χ3v) is 5.41. The van der Waals surface area contributed by atoms with Crippen molar-refractivity contribution in [1.29, 1.82) is 0 Å². The van der Waals surface area contributed by atoms with E-state index in [2.05, 4.69) is 12.2 Å². The van der Waals surface area contributed by atoms with Gasteiger partial charge in [-0.2, -0.15) is 0 Å². The van der Waals surface area contributed by atoms with Crippen molar-refractivity contribution in [1.82, 2.24) is 0 Å². The number of allylic oxidation sites excluding steroid dienone is 2. The third kappa shape index (κ3) is 10.1. The number of carboxylic acids is 1. The Morgan fingerprint density at radius 3 is 1.68 bits per heavy atom. The molecule has 0 saturated carbocycles. The van der Waals surface area contributed by atoms with Crippen LogP contribution in [0.15, 0.2) is 12.2 Å². The highest BCUT2D eigenvalue weighted by Gasteiger charge is 2.49. The van der Waals surface area contributed by atoms with Gasteiger partial charge in [0.25, 0.3) is 0 Å². The van der Waals surface area contributed by atoms with Gasteiger partial charge in [-0.15, -0.1) is 0 Å². The van der Waals surface area contributed by atoms with E-state index in [-0.39, 0.29) is 31.2 Å². The zero-order valence-electron chi connectivity index (χ0n) is 17.2. The first-order valence-corrected chi connectivity index (χ1v) is 11.0. The average molecular weight is 397 g/mol. The highest BCUT2D eigenvalue weighted by atomic mass is 16.6. The summed E-state index contributed by atoms with van der Waals surface area (Å²) < 4.78 is -0.965. The molecular formula is C22H38NO5+. The molecule has 0 aromatic rings. The Morgan fingerprint density at radius 2 is 1.18 bits per heavy atom. The maximum Gasteiger partial charge on any atom is 0.353 e. The first-order chi connectivity index (χ1) is 13.5. The molecule has 6 heteroatoms. The van der Waals surface area contributed by atoms with Crippen LogP contribution in [0.25, 0.3) is 0 Å². The van der Waals surface area contributed by atoms with Crippen molar-refractivity contribution in [3.63, 3.8) is 0 Å². The van der Waals surface area contributed by atoms with Gasteiger partial charge in [-0.25, -0.2) is 14.8 Å². The lowest BCUT2D eigenvalue weighted by molar-refractivity contribution is -0.971. The van der Waals surface area contributed by atoms with Crippen LogP contribution in [-0.2, 0) is 14.4 Å². The number of likely N-dealkylation sites (tertiary alicyclic amines) is 1. The van der Waals surface area contributed by atoms with Gasteiger partial charge in [0.05, 0.1) is 12.8 Å². The SMILES string of the molecule is O=C(O)CCCCCCC/C=C\CCCCCCCC[N+]1(O)C(=O)CCC1=O. The van der Waals surface area contributed by atoms with Crippen molar-refractivity contribution in [3.05, 3.63) is 12.2 Å². The molecule has 0 unspecified atom stereocenters. The van der Waals surface area contributed by atoms with Gasteiger partial charge in [-0.05, 0) is 38.5 Å². The molecule has 0 radical (unpaired) electrons. The van der Waals surface area contributed by atoms with E-state index in [9.17, 15) is 19.6 Å². The van der Waals surface area contributed by atoms with E-state index in [1.165, 1.54) is 25.7 Å². The summed E-state index contributed by atoms with van der Waals surface area (Å²) >= 11 is 0. The minimum Gasteiger partial charge on any atom is -0.481 e. The van der Waals surface area contributed by atoms with Crippen molar-refractivity contribution in [2.24, 2.45) is 0 Å². The lowest BCUT2D eigenvalue weighted by Crippen LogP contribution is -2.49. The number of carbonyl (C=O) groups excluding carboxylic acids is 2. The van der Waals surface area contributed by atoms with E-state index in [1.807, 2.05) is 0 Å². The Labute approximate surface area is 169 Å². The first kappa shape index (κ1) is 24.5. The number of imide groups is 1. The van der Waals surface area contributed by atoms with Crippen LogP contribution in [0.2, 0.25) is 0 Å². The average Bonchev–Trinajstić information content (AvgIpc) is 2.91. The Kier molecular flexibility index (Phi) is 12.7. The molecule has 2 N–H and O–H groups in total. The second-order valence-electron chi connectivity index (χ2n) is 7.86. The molecule has 1 heterocycles. The van der Waals surface area contributed by atoms with Crippen LogP contribution >= 0.6 is 0 Å². The summed E-state index contributed by atoms with van der Waals surface area (Å²) in [5, 5.41) is 18.6. The molecule has 0 spiro atoms. The topological polar surface area (TPSA) is 91.7 Å². The van der Waals surface area contributed by atoms with Crippen LogP contribution < -0.4 is 0 Å². The highest BCUT2D eigenvalue weighted by Crippen LogP contribution is 2.21. The molecule has 1 aliphatic rings. The van der Waals surface area contributed by atoms with Crippen LogP contribution in [0.5, 0.6) is 0 Å². The Hall–Kier alpha value is -1.53. The van der Waals surface area contributed by atoms with E-state index in [0.717, 1.165) is 51.4 Å².